The Balaban J connectivity index is 2.01. The van der Waals surface area contributed by atoms with Crippen LogP contribution in [0.5, 0.6) is 0 Å². The van der Waals surface area contributed by atoms with Crippen molar-refractivity contribution in [3.8, 4) is 0 Å². The molecule has 2 heterocycles. The Morgan fingerprint density at radius 1 is 1.06 bits per heavy atom. The molecule has 1 aliphatic heterocycles. The molecule has 2 aliphatic rings. The third kappa shape index (κ3) is 1.48. The van der Waals surface area contributed by atoms with Gasteiger partial charge in [0.15, 0.2) is 0 Å². The predicted octanol–water partition coefficient (Wildman–Crippen LogP) is 1.83. The third-order valence-corrected chi connectivity index (χ3v) is 3.29. The minimum Gasteiger partial charge on any atom is -0.269 e. The summed E-state index contributed by atoms with van der Waals surface area (Å²) in [4.78, 5) is 29.5. The fraction of sp³-hybridized carbons (Fsp3) is 0.308. The minimum atomic E-state index is -0.155. The van der Waals surface area contributed by atoms with Gasteiger partial charge in [-0.3, -0.25) is 14.6 Å². The van der Waals surface area contributed by atoms with Crippen molar-refractivity contribution in [2.75, 3.05) is 4.90 Å². The SMILES string of the molecule is O=C1C2=C(CCCC2)C(=O)N1c1cccnc1. The van der Waals surface area contributed by atoms with Crippen molar-refractivity contribution < 1.29 is 9.59 Å². The van der Waals surface area contributed by atoms with Gasteiger partial charge in [-0.1, -0.05) is 0 Å². The van der Waals surface area contributed by atoms with Crippen molar-refractivity contribution in [2.45, 2.75) is 25.7 Å². The van der Waals surface area contributed by atoms with Crippen LogP contribution >= 0.6 is 0 Å². The lowest BCUT2D eigenvalue weighted by Gasteiger charge is -2.13. The Morgan fingerprint density at radius 3 is 2.24 bits per heavy atom. The molecule has 1 aliphatic carbocycles. The van der Waals surface area contributed by atoms with Gasteiger partial charge in [0.1, 0.15) is 0 Å². The quantitative estimate of drug-likeness (QED) is 0.689. The van der Waals surface area contributed by atoms with E-state index in [9.17, 15) is 9.59 Å². The van der Waals surface area contributed by atoms with Crippen molar-refractivity contribution >= 4 is 17.5 Å². The number of nitrogens with zero attached hydrogens (tertiary/aromatic N) is 2. The van der Waals surface area contributed by atoms with Crippen LogP contribution < -0.4 is 4.90 Å². The molecular formula is C13H12N2O2. The van der Waals surface area contributed by atoms with Gasteiger partial charge in [0.25, 0.3) is 11.8 Å². The first kappa shape index (κ1) is 10.2. The smallest absolute Gasteiger partial charge is 0.261 e. The number of aromatic nitrogens is 1. The maximum Gasteiger partial charge on any atom is 0.261 e. The minimum absolute atomic E-state index is 0.155. The Hall–Kier alpha value is -1.97. The number of rotatable bonds is 1. The summed E-state index contributed by atoms with van der Waals surface area (Å²) >= 11 is 0. The van der Waals surface area contributed by atoms with Crippen molar-refractivity contribution in [2.24, 2.45) is 0 Å². The maximum atomic E-state index is 12.2. The molecule has 0 aromatic carbocycles. The van der Waals surface area contributed by atoms with E-state index >= 15 is 0 Å². The van der Waals surface area contributed by atoms with Crippen LogP contribution in [-0.2, 0) is 9.59 Å². The first-order valence-corrected chi connectivity index (χ1v) is 5.80. The van der Waals surface area contributed by atoms with Gasteiger partial charge in [-0.05, 0) is 37.8 Å². The molecule has 0 saturated heterocycles. The summed E-state index contributed by atoms with van der Waals surface area (Å²) in [6.45, 7) is 0. The van der Waals surface area contributed by atoms with E-state index in [0.29, 0.717) is 16.8 Å². The molecule has 4 nitrogen and oxygen atoms in total. The molecule has 0 unspecified atom stereocenters. The van der Waals surface area contributed by atoms with Crippen molar-refractivity contribution in [3.63, 3.8) is 0 Å². The summed E-state index contributed by atoms with van der Waals surface area (Å²) in [7, 11) is 0. The molecule has 2 amide bonds. The first-order valence-electron chi connectivity index (χ1n) is 5.80. The lowest BCUT2D eigenvalue weighted by Crippen LogP contribution is -2.31. The monoisotopic (exact) mass is 228 g/mol. The Labute approximate surface area is 99.0 Å². The number of carbonyl (C=O) groups is 2. The summed E-state index contributed by atoms with van der Waals surface area (Å²) in [6, 6.07) is 3.47. The Bertz CT molecular complexity index is 491. The summed E-state index contributed by atoms with van der Waals surface area (Å²) in [5.41, 5.74) is 1.99. The van der Waals surface area contributed by atoms with Crippen molar-refractivity contribution in [1.82, 2.24) is 4.98 Å². The molecule has 86 valence electrons. The number of amides is 2. The van der Waals surface area contributed by atoms with Crippen LogP contribution in [0.15, 0.2) is 35.7 Å². The summed E-state index contributed by atoms with van der Waals surface area (Å²) in [6.07, 6.45) is 6.64. The second-order valence-electron chi connectivity index (χ2n) is 4.32. The molecule has 3 rings (SSSR count). The fourth-order valence-electron chi connectivity index (χ4n) is 2.46. The highest BCUT2D eigenvalue weighted by molar-refractivity contribution is 6.32. The standard InChI is InChI=1S/C13H12N2O2/c16-12-10-5-1-2-6-11(10)13(17)15(12)9-4-3-7-14-8-9/h3-4,7-8H,1-2,5-6H2. The highest BCUT2D eigenvalue weighted by Crippen LogP contribution is 2.35. The topological polar surface area (TPSA) is 50.3 Å². The largest absolute Gasteiger partial charge is 0.269 e. The van der Waals surface area contributed by atoms with Crippen LogP contribution in [0.3, 0.4) is 0 Å². The molecule has 0 radical (unpaired) electrons. The van der Waals surface area contributed by atoms with E-state index in [0.717, 1.165) is 25.7 Å². The number of carbonyl (C=O) groups excluding carboxylic acids is 2. The molecule has 0 bridgehead atoms. The van der Waals surface area contributed by atoms with Gasteiger partial charge in [-0.25, -0.2) is 4.90 Å². The number of hydrogen-bond acceptors (Lipinski definition) is 3. The van der Waals surface area contributed by atoms with E-state index in [1.165, 1.54) is 4.90 Å². The van der Waals surface area contributed by atoms with Crippen LogP contribution in [0.1, 0.15) is 25.7 Å². The first-order chi connectivity index (χ1) is 8.29. The molecule has 1 aromatic heterocycles. The van der Waals surface area contributed by atoms with Gasteiger partial charge in [0.2, 0.25) is 0 Å². The van der Waals surface area contributed by atoms with Crippen molar-refractivity contribution in [1.29, 1.82) is 0 Å². The van der Waals surface area contributed by atoms with Crippen LogP contribution in [0.2, 0.25) is 0 Å². The predicted molar refractivity (Wildman–Crippen MR) is 62.2 cm³/mol. The third-order valence-electron chi connectivity index (χ3n) is 3.29. The van der Waals surface area contributed by atoms with Gasteiger partial charge < -0.3 is 0 Å². The number of hydrogen-bond donors (Lipinski definition) is 0. The Morgan fingerprint density at radius 2 is 1.71 bits per heavy atom. The molecule has 0 saturated carbocycles. The van der Waals surface area contributed by atoms with Crippen LogP contribution in [0, 0.1) is 0 Å². The molecule has 0 atom stereocenters. The summed E-state index contributed by atoms with van der Waals surface area (Å²) < 4.78 is 0. The highest BCUT2D eigenvalue weighted by atomic mass is 16.2. The zero-order valence-electron chi connectivity index (χ0n) is 9.35. The summed E-state index contributed by atoms with van der Waals surface area (Å²) in [5, 5.41) is 0. The molecule has 0 N–H and O–H groups in total. The second kappa shape index (κ2) is 3.80. The molecule has 0 spiro atoms. The lowest BCUT2D eigenvalue weighted by atomic mass is 9.93. The van der Waals surface area contributed by atoms with Gasteiger partial charge >= 0.3 is 0 Å². The van der Waals surface area contributed by atoms with Crippen LogP contribution in [0.4, 0.5) is 5.69 Å². The number of imide groups is 1. The van der Waals surface area contributed by atoms with Crippen LogP contribution in [-0.4, -0.2) is 16.8 Å². The lowest BCUT2D eigenvalue weighted by molar-refractivity contribution is -0.120. The zero-order valence-corrected chi connectivity index (χ0v) is 9.35. The average Bonchev–Trinajstić information content (AvgIpc) is 2.64. The van der Waals surface area contributed by atoms with Crippen LogP contribution in [0.25, 0.3) is 0 Å². The van der Waals surface area contributed by atoms with Crippen molar-refractivity contribution in [3.05, 3.63) is 35.7 Å². The van der Waals surface area contributed by atoms with E-state index in [2.05, 4.69) is 4.98 Å². The molecular weight excluding hydrogens is 216 g/mol. The van der Waals surface area contributed by atoms with E-state index in [1.807, 2.05) is 0 Å². The van der Waals surface area contributed by atoms with Gasteiger partial charge in [0.05, 0.1) is 11.9 Å². The normalized spacial score (nSPS) is 19.9. The molecule has 0 fully saturated rings. The maximum absolute atomic E-state index is 12.2. The van der Waals surface area contributed by atoms with Gasteiger partial charge in [-0.15, -0.1) is 0 Å². The average molecular weight is 228 g/mol. The Kier molecular flexibility index (Phi) is 2.28. The van der Waals surface area contributed by atoms with E-state index in [-0.39, 0.29) is 11.8 Å². The fourth-order valence-corrected chi connectivity index (χ4v) is 2.46. The molecule has 4 heteroatoms. The highest BCUT2D eigenvalue weighted by Gasteiger charge is 2.39. The zero-order chi connectivity index (χ0) is 11.8. The van der Waals surface area contributed by atoms with E-state index < -0.39 is 0 Å². The molecule has 17 heavy (non-hydrogen) atoms. The molecule has 1 aromatic rings. The number of pyridine rings is 1. The number of anilines is 1. The van der Waals surface area contributed by atoms with Gasteiger partial charge in [-0.2, -0.15) is 0 Å². The summed E-state index contributed by atoms with van der Waals surface area (Å²) in [5.74, 6) is -0.310. The van der Waals surface area contributed by atoms with Gasteiger partial charge in [0, 0.05) is 17.3 Å². The second-order valence-corrected chi connectivity index (χ2v) is 4.32. The van der Waals surface area contributed by atoms with E-state index in [4.69, 9.17) is 0 Å². The van der Waals surface area contributed by atoms with E-state index in [1.54, 1.807) is 24.5 Å².